The number of anilines is 1. The van der Waals surface area contributed by atoms with Gasteiger partial charge in [-0.15, -0.1) is 0 Å². The van der Waals surface area contributed by atoms with Crippen molar-refractivity contribution >= 4 is 24.8 Å². The first-order valence-electron chi connectivity index (χ1n) is 8.85. The Hall–Kier alpha value is -1.79. The third-order valence-corrected chi connectivity index (χ3v) is 5.29. The van der Waals surface area contributed by atoms with Gasteiger partial charge in [0.15, 0.2) is 0 Å². The molecule has 0 aromatic heterocycles. The first-order chi connectivity index (χ1) is 11.7. The van der Waals surface area contributed by atoms with E-state index in [-0.39, 0.29) is 5.91 Å². The molecule has 1 saturated heterocycles. The van der Waals surface area contributed by atoms with Crippen LogP contribution in [-0.2, 0) is 20.5 Å². The monoisotopic (exact) mass is 342 g/mol. The summed E-state index contributed by atoms with van der Waals surface area (Å²) in [5.41, 5.74) is 3.72. The molecule has 0 unspecified atom stereocenters. The number of amides is 1. The van der Waals surface area contributed by atoms with Gasteiger partial charge in [-0.3, -0.25) is 4.79 Å². The van der Waals surface area contributed by atoms with Crippen molar-refractivity contribution in [2.75, 3.05) is 18.4 Å². The molecule has 6 heteroatoms. The number of carbonyl (C=O) groups excluding carboxylic acids is 1. The summed E-state index contributed by atoms with van der Waals surface area (Å²) in [5.74, 6) is -0.0689. The van der Waals surface area contributed by atoms with E-state index in [4.69, 9.17) is 9.31 Å². The largest absolute Gasteiger partial charge is 0.492 e. The number of carbonyl (C=O) groups is 1. The Bertz CT molecular complexity index is 697. The highest BCUT2D eigenvalue weighted by atomic mass is 16.7. The van der Waals surface area contributed by atoms with Crippen LogP contribution in [0.15, 0.2) is 23.7 Å². The molecule has 0 atom stereocenters. The van der Waals surface area contributed by atoms with Crippen LogP contribution in [0.5, 0.6) is 0 Å². The third kappa shape index (κ3) is 3.75. The minimum Gasteiger partial charge on any atom is -0.400 e. The van der Waals surface area contributed by atoms with Crippen molar-refractivity contribution in [1.29, 1.82) is 0 Å². The highest BCUT2D eigenvalue weighted by Crippen LogP contribution is 2.38. The van der Waals surface area contributed by atoms with Crippen LogP contribution >= 0.6 is 0 Å². The zero-order valence-electron chi connectivity index (χ0n) is 15.7. The lowest BCUT2D eigenvalue weighted by molar-refractivity contribution is -0.118. The number of nitrogens with one attached hydrogen (secondary N) is 2. The van der Waals surface area contributed by atoms with Gasteiger partial charge in [0.05, 0.1) is 11.2 Å². The highest BCUT2D eigenvalue weighted by Gasteiger charge is 2.52. The molecule has 0 saturated carbocycles. The Kier molecular flexibility index (Phi) is 4.69. The van der Waals surface area contributed by atoms with Crippen LogP contribution in [0.4, 0.5) is 5.69 Å². The van der Waals surface area contributed by atoms with Crippen LogP contribution < -0.4 is 10.6 Å². The molecule has 134 valence electrons. The molecule has 0 radical (unpaired) electrons. The predicted molar refractivity (Wildman–Crippen MR) is 101 cm³/mol. The Morgan fingerprint density at radius 3 is 2.60 bits per heavy atom. The van der Waals surface area contributed by atoms with Gasteiger partial charge in [0.25, 0.3) is 0 Å². The van der Waals surface area contributed by atoms with E-state index in [0.717, 1.165) is 24.0 Å². The molecule has 2 aliphatic rings. The number of hydrogen-bond donors (Lipinski definition) is 2. The van der Waals surface area contributed by atoms with Crippen molar-refractivity contribution < 1.29 is 14.1 Å². The number of hydrogen-bond acceptors (Lipinski definition) is 4. The van der Waals surface area contributed by atoms with Crippen LogP contribution in [0.1, 0.15) is 45.7 Å². The van der Waals surface area contributed by atoms with Crippen LogP contribution in [-0.4, -0.2) is 37.3 Å². The van der Waals surface area contributed by atoms with Crippen molar-refractivity contribution in [2.24, 2.45) is 0 Å². The second kappa shape index (κ2) is 6.50. The van der Waals surface area contributed by atoms with E-state index in [2.05, 4.69) is 34.9 Å². The molecule has 1 amide bonds. The van der Waals surface area contributed by atoms with E-state index in [0.29, 0.717) is 6.54 Å². The lowest BCUT2D eigenvalue weighted by Gasteiger charge is -2.32. The van der Waals surface area contributed by atoms with Crippen molar-refractivity contribution in [3.05, 3.63) is 34.8 Å². The second-order valence-corrected chi connectivity index (χ2v) is 7.81. The second-order valence-electron chi connectivity index (χ2n) is 7.81. The molecule has 0 spiro atoms. The van der Waals surface area contributed by atoms with E-state index in [1.165, 1.54) is 18.2 Å². The van der Waals surface area contributed by atoms with E-state index < -0.39 is 18.3 Å². The standard InChI is InChI=1S/C19H27BN2O3/c1-13(23)22-12-16(20-24-18(2,3)19(4,5)25-20)11-14-6-7-17-15(10-14)8-9-21-17/h6-7,10-11,21H,8-9,12H2,1-5H3,(H,22,23). The SMILES string of the molecule is CC(=O)NCC(=Cc1ccc2c(c1)CCN2)B1OC(C)(C)C(C)(C)O1. The molecule has 0 aliphatic carbocycles. The summed E-state index contributed by atoms with van der Waals surface area (Å²) >= 11 is 0. The molecule has 1 fully saturated rings. The topological polar surface area (TPSA) is 59.6 Å². The number of fused-ring (bicyclic) bond motifs is 1. The van der Waals surface area contributed by atoms with Gasteiger partial charge in [-0.1, -0.05) is 12.1 Å². The van der Waals surface area contributed by atoms with Gasteiger partial charge in [0.2, 0.25) is 5.91 Å². The highest BCUT2D eigenvalue weighted by molar-refractivity contribution is 6.56. The summed E-state index contributed by atoms with van der Waals surface area (Å²) in [7, 11) is -0.469. The Balaban J connectivity index is 1.88. The molecular formula is C19H27BN2O3. The van der Waals surface area contributed by atoms with Gasteiger partial charge in [-0.2, -0.15) is 0 Å². The summed E-state index contributed by atoms with van der Waals surface area (Å²) < 4.78 is 12.3. The first-order valence-corrected chi connectivity index (χ1v) is 8.85. The fraction of sp³-hybridized carbons (Fsp3) is 0.526. The number of rotatable bonds is 4. The lowest BCUT2D eigenvalue weighted by atomic mass is 9.77. The Morgan fingerprint density at radius 2 is 1.96 bits per heavy atom. The minimum absolute atomic E-state index is 0.0689. The van der Waals surface area contributed by atoms with Gasteiger partial charge in [0.1, 0.15) is 0 Å². The van der Waals surface area contributed by atoms with E-state index in [9.17, 15) is 4.79 Å². The molecule has 1 aromatic rings. The van der Waals surface area contributed by atoms with Gasteiger partial charge < -0.3 is 19.9 Å². The molecule has 2 heterocycles. The fourth-order valence-electron chi connectivity index (χ4n) is 3.05. The average Bonchev–Trinajstić information content (AvgIpc) is 3.05. The van der Waals surface area contributed by atoms with Gasteiger partial charge in [-0.05, 0) is 62.8 Å². The zero-order chi connectivity index (χ0) is 18.2. The van der Waals surface area contributed by atoms with Crippen molar-refractivity contribution in [3.8, 4) is 0 Å². The van der Waals surface area contributed by atoms with Gasteiger partial charge in [0, 0.05) is 25.7 Å². The number of benzene rings is 1. The molecule has 3 rings (SSSR count). The van der Waals surface area contributed by atoms with Crippen LogP contribution in [0.25, 0.3) is 6.08 Å². The Labute approximate surface area is 150 Å². The fourth-order valence-corrected chi connectivity index (χ4v) is 3.05. The molecule has 0 bridgehead atoms. The summed E-state index contributed by atoms with van der Waals surface area (Å²) in [6.07, 6.45) is 3.10. The molecular weight excluding hydrogens is 315 g/mol. The maximum Gasteiger partial charge on any atom is 0.492 e. The van der Waals surface area contributed by atoms with Crippen molar-refractivity contribution in [1.82, 2.24) is 5.32 Å². The van der Waals surface area contributed by atoms with E-state index in [1.54, 1.807) is 0 Å². The van der Waals surface area contributed by atoms with E-state index in [1.807, 2.05) is 27.7 Å². The first kappa shape index (κ1) is 18.0. The van der Waals surface area contributed by atoms with Crippen LogP contribution in [0.2, 0.25) is 0 Å². The minimum atomic E-state index is -0.469. The molecule has 1 aromatic carbocycles. The maximum absolute atomic E-state index is 11.4. The predicted octanol–water partition coefficient (Wildman–Crippen LogP) is 2.81. The van der Waals surface area contributed by atoms with Crippen LogP contribution in [0.3, 0.4) is 0 Å². The van der Waals surface area contributed by atoms with E-state index >= 15 is 0 Å². The van der Waals surface area contributed by atoms with Gasteiger partial charge in [-0.25, -0.2) is 0 Å². The molecule has 5 nitrogen and oxygen atoms in total. The van der Waals surface area contributed by atoms with Gasteiger partial charge >= 0.3 is 7.12 Å². The van der Waals surface area contributed by atoms with Crippen molar-refractivity contribution in [2.45, 2.75) is 52.2 Å². The normalized spacial score (nSPS) is 21.0. The molecule has 2 aliphatic heterocycles. The summed E-state index contributed by atoms with van der Waals surface area (Å²) in [4.78, 5) is 11.4. The summed E-state index contributed by atoms with van der Waals surface area (Å²) in [6, 6.07) is 6.37. The zero-order valence-corrected chi connectivity index (χ0v) is 15.7. The quantitative estimate of drug-likeness (QED) is 0.826. The average molecular weight is 342 g/mol. The third-order valence-electron chi connectivity index (χ3n) is 5.29. The smallest absolute Gasteiger partial charge is 0.400 e. The van der Waals surface area contributed by atoms with Crippen molar-refractivity contribution in [3.63, 3.8) is 0 Å². The summed E-state index contributed by atoms with van der Waals surface area (Å²) in [6.45, 7) is 11.0. The maximum atomic E-state index is 11.4. The lowest BCUT2D eigenvalue weighted by Crippen LogP contribution is -2.41. The molecule has 25 heavy (non-hydrogen) atoms. The Morgan fingerprint density at radius 1 is 1.28 bits per heavy atom. The molecule has 2 N–H and O–H groups in total. The van der Waals surface area contributed by atoms with Crippen LogP contribution in [0, 0.1) is 0 Å². The summed E-state index contributed by atoms with van der Waals surface area (Å²) in [5, 5.41) is 6.24.